The van der Waals surface area contributed by atoms with E-state index in [4.69, 9.17) is 5.26 Å². The number of nitrogens with zero attached hydrogens (tertiary/aromatic N) is 2. The number of hydrogen-bond acceptors (Lipinski definition) is 5. The third kappa shape index (κ3) is 2.99. The summed E-state index contributed by atoms with van der Waals surface area (Å²) in [5.41, 5.74) is -0.942. The van der Waals surface area contributed by atoms with Gasteiger partial charge in [0.15, 0.2) is 0 Å². The molecule has 0 radical (unpaired) electrons. The standard InChI is InChI=1S/C9H8FN3O4S/c1-6(5-11)12-18(16,17)7-2-3-8(10)9(4-7)13(14)15/h2-4,6,12H,1H3. The summed E-state index contributed by atoms with van der Waals surface area (Å²) >= 11 is 0. The van der Waals surface area contributed by atoms with Gasteiger partial charge in [0.05, 0.1) is 15.9 Å². The number of nitro groups is 1. The van der Waals surface area contributed by atoms with Crippen molar-refractivity contribution in [2.75, 3.05) is 0 Å². The normalized spacial score (nSPS) is 12.7. The first-order valence-electron chi connectivity index (χ1n) is 4.64. The zero-order valence-electron chi connectivity index (χ0n) is 9.12. The van der Waals surface area contributed by atoms with Crippen LogP contribution in [-0.4, -0.2) is 19.4 Å². The maximum atomic E-state index is 13.0. The van der Waals surface area contributed by atoms with Gasteiger partial charge in [0.1, 0.15) is 6.04 Å². The molecule has 0 aliphatic carbocycles. The molecular formula is C9H8FN3O4S. The van der Waals surface area contributed by atoms with Crippen LogP contribution in [0.3, 0.4) is 0 Å². The van der Waals surface area contributed by atoms with Gasteiger partial charge in [-0.1, -0.05) is 0 Å². The van der Waals surface area contributed by atoms with Crippen molar-refractivity contribution < 1.29 is 17.7 Å². The van der Waals surface area contributed by atoms with Crippen molar-refractivity contribution in [2.24, 2.45) is 0 Å². The Balaban J connectivity index is 3.23. The largest absolute Gasteiger partial charge is 0.306 e. The number of nitro benzene ring substituents is 1. The first-order valence-corrected chi connectivity index (χ1v) is 6.12. The molecule has 0 aromatic heterocycles. The van der Waals surface area contributed by atoms with Crippen molar-refractivity contribution in [1.82, 2.24) is 4.72 Å². The Morgan fingerprint density at radius 2 is 2.17 bits per heavy atom. The van der Waals surface area contributed by atoms with Crippen LogP contribution in [0.5, 0.6) is 0 Å². The molecule has 1 unspecified atom stereocenters. The lowest BCUT2D eigenvalue weighted by Gasteiger charge is -2.07. The van der Waals surface area contributed by atoms with Crippen LogP contribution in [0, 0.1) is 27.3 Å². The number of sulfonamides is 1. The average Bonchev–Trinajstić information content (AvgIpc) is 2.28. The SMILES string of the molecule is CC(C#N)NS(=O)(=O)c1ccc(F)c([N+](=O)[O-])c1. The number of benzene rings is 1. The molecule has 0 fully saturated rings. The van der Waals surface area contributed by atoms with Crippen molar-refractivity contribution in [3.63, 3.8) is 0 Å². The van der Waals surface area contributed by atoms with E-state index in [1.807, 2.05) is 4.72 Å². The van der Waals surface area contributed by atoms with Crippen LogP contribution < -0.4 is 4.72 Å². The van der Waals surface area contributed by atoms with E-state index >= 15 is 0 Å². The number of nitriles is 1. The number of rotatable bonds is 4. The molecule has 0 spiro atoms. The molecule has 96 valence electrons. The van der Waals surface area contributed by atoms with E-state index in [-0.39, 0.29) is 0 Å². The highest BCUT2D eigenvalue weighted by molar-refractivity contribution is 7.89. The minimum atomic E-state index is -4.09. The second-order valence-corrected chi connectivity index (χ2v) is 5.06. The van der Waals surface area contributed by atoms with Gasteiger partial charge in [-0.3, -0.25) is 10.1 Å². The van der Waals surface area contributed by atoms with Gasteiger partial charge in [0, 0.05) is 6.07 Å². The Morgan fingerprint density at radius 3 is 2.67 bits per heavy atom. The molecule has 18 heavy (non-hydrogen) atoms. The summed E-state index contributed by atoms with van der Waals surface area (Å²) in [7, 11) is -4.09. The van der Waals surface area contributed by atoms with E-state index in [1.54, 1.807) is 6.07 Å². The molecule has 7 nitrogen and oxygen atoms in total. The van der Waals surface area contributed by atoms with E-state index in [2.05, 4.69) is 0 Å². The lowest BCUT2D eigenvalue weighted by molar-refractivity contribution is -0.387. The van der Waals surface area contributed by atoms with Gasteiger partial charge in [-0.2, -0.15) is 14.4 Å². The Kier molecular flexibility index (Phi) is 3.95. The number of nitrogens with one attached hydrogen (secondary N) is 1. The van der Waals surface area contributed by atoms with Gasteiger partial charge in [-0.15, -0.1) is 0 Å². The molecule has 0 aliphatic heterocycles. The maximum absolute atomic E-state index is 13.0. The van der Waals surface area contributed by atoms with Crippen molar-refractivity contribution in [2.45, 2.75) is 17.9 Å². The fourth-order valence-corrected chi connectivity index (χ4v) is 2.29. The Bertz CT molecular complexity index is 623. The van der Waals surface area contributed by atoms with E-state index in [0.29, 0.717) is 12.1 Å². The number of hydrogen-bond donors (Lipinski definition) is 1. The summed E-state index contributed by atoms with van der Waals surface area (Å²) in [6.07, 6.45) is 0. The highest BCUT2D eigenvalue weighted by atomic mass is 32.2. The maximum Gasteiger partial charge on any atom is 0.306 e. The summed E-state index contributed by atoms with van der Waals surface area (Å²) < 4.78 is 38.4. The summed E-state index contributed by atoms with van der Waals surface area (Å²) in [4.78, 5) is 8.98. The smallest absolute Gasteiger partial charge is 0.258 e. The Labute approximate surface area is 102 Å². The van der Waals surface area contributed by atoms with E-state index in [1.165, 1.54) is 6.92 Å². The second-order valence-electron chi connectivity index (χ2n) is 3.34. The van der Waals surface area contributed by atoms with Gasteiger partial charge in [0.25, 0.3) is 0 Å². The molecule has 1 aromatic rings. The Hall–Kier alpha value is -2.05. The fraction of sp³-hybridized carbons (Fsp3) is 0.222. The quantitative estimate of drug-likeness (QED) is 0.647. The van der Waals surface area contributed by atoms with Gasteiger partial charge >= 0.3 is 5.69 Å². The van der Waals surface area contributed by atoms with Crippen LogP contribution >= 0.6 is 0 Å². The molecule has 1 atom stereocenters. The topological polar surface area (TPSA) is 113 Å². The van der Waals surface area contributed by atoms with Crippen LogP contribution in [0.25, 0.3) is 0 Å². The van der Waals surface area contributed by atoms with Crippen molar-refractivity contribution in [3.05, 3.63) is 34.1 Å². The van der Waals surface area contributed by atoms with Crippen molar-refractivity contribution in [1.29, 1.82) is 5.26 Å². The average molecular weight is 273 g/mol. The number of halogens is 1. The molecule has 1 rings (SSSR count). The molecule has 0 amide bonds. The summed E-state index contributed by atoms with van der Waals surface area (Å²) in [6, 6.07) is 2.81. The Morgan fingerprint density at radius 1 is 1.56 bits per heavy atom. The van der Waals surface area contributed by atoms with E-state index < -0.39 is 37.4 Å². The molecule has 0 bridgehead atoms. The van der Waals surface area contributed by atoms with Crippen molar-refractivity contribution in [3.8, 4) is 6.07 Å². The lowest BCUT2D eigenvalue weighted by atomic mass is 10.3. The molecule has 1 N–H and O–H groups in total. The highest BCUT2D eigenvalue weighted by Crippen LogP contribution is 2.21. The first-order chi connectivity index (χ1) is 8.27. The van der Waals surface area contributed by atoms with Crippen LogP contribution in [-0.2, 0) is 10.0 Å². The summed E-state index contributed by atoms with van der Waals surface area (Å²) in [5.74, 6) is -1.13. The van der Waals surface area contributed by atoms with Gasteiger partial charge < -0.3 is 0 Å². The predicted molar refractivity (Wildman–Crippen MR) is 58.5 cm³/mol. The lowest BCUT2D eigenvalue weighted by Crippen LogP contribution is -2.31. The summed E-state index contributed by atoms with van der Waals surface area (Å²) in [6.45, 7) is 1.30. The zero-order chi connectivity index (χ0) is 13.9. The van der Waals surface area contributed by atoms with Crippen LogP contribution in [0.4, 0.5) is 10.1 Å². The van der Waals surface area contributed by atoms with Crippen LogP contribution in [0.2, 0.25) is 0 Å². The van der Waals surface area contributed by atoms with Gasteiger partial charge in [-0.05, 0) is 19.1 Å². The third-order valence-corrected chi connectivity index (χ3v) is 3.49. The van der Waals surface area contributed by atoms with E-state index in [0.717, 1.165) is 6.07 Å². The molecule has 0 heterocycles. The molecular weight excluding hydrogens is 265 g/mol. The van der Waals surface area contributed by atoms with Crippen LogP contribution in [0.1, 0.15) is 6.92 Å². The van der Waals surface area contributed by atoms with Gasteiger partial charge in [0.2, 0.25) is 15.8 Å². The molecule has 9 heteroatoms. The second kappa shape index (κ2) is 5.07. The molecule has 1 aromatic carbocycles. The molecule has 0 saturated carbocycles. The molecule has 0 aliphatic rings. The molecule has 0 saturated heterocycles. The first kappa shape index (κ1) is 14.0. The minimum Gasteiger partial charge on any atom is -0.258 e. The zero-order valence-corrected chi connectivity index (χ0v) is 9.94. The van der Waals surface area contributed by atoms with Gasteiger partial charge in [-0.25, -0.2) is 8.42 Å². The predicted octanol–water partition coefficient (Wildman–Crippen LogP) is 0.924. The van der Waals surface area contributed by atoms with Crippen molar-refractivity contribution >= 4 is 15.7 Å². The monoisotopic (exact) mass is 273 g/mol. The minimum absolute atomic E-state index is 0.474. The van der Waals surface area contributed by atoms with E-state index in [9.17, 15) is 22.9 Å². The highest BCUT2D eigenvalue weighted by Gasteiger charge is 2.22. The van der Waals surface area contributed by atoms with Crippen LogP contribution in [0.15, 0.2) is 23.1 Å². The fourth-order valence-electron chi connectivity index (χ4n) is 1.13. The third-order valence-electron chi connectivity index (χ3n) is 1.95. The summed E-state index contributed by atoms with van der Waals surface area (Å²) in [5, 5.41) is 19.0.